The lowest BCUT2D eigenvalue weighted by Gasteiger charge is -2.30. The van der Waals surface area contributed by atoms with Gasteiger partial charge in [0.25, 0.3) is 0 Å². The van der Waals surface area contributed by atoms with Crippen molar-refractivity contribution in [2.75, 3.05) is 32.8 Å². The molecule has 4 heteroatoms. The molecule has 0 saturated carbocycles. The number of benzene rings is 1. The number of hydrogen-bond donors (Lipinski definition) is 0. The summed E-state index contributed by atoms with van der Waals surface area (Å²) < 4.78 is 19.1. The fourth-order valence-corrected chi connectivity index (χ4v) is 2.51. The molecule has 1 aromatic rings. The quantitative estimate of drug-likeness (QED) is 0.829. The molecular formula is C16H22FNO2. The predicted octanol–water partition coefficient (Wildman–Crippen LogP) is 2.53. The van der Waals surface area contributed by atoms with Crippen molar-refractivity contribution < 1.29 is 13.9 Å². The predicted molar refractivity (Wildman–Crippen MR) is 76.4 cm³/mol. The number of ether oxygens (including phenoxy) is 1. The molecule has 0 spiro atoms. The molecular weight excluding hydrogens is 257 g/mol. The van der Waals surface area contributed by atoms with Crippen LogP contribution in [-0.4, -0.2) is 43.5 Å². The van der Waals surface area contributed by atoms with E-state index in [0.717, 1.165) is 18.7 Å². The van der Waals surface area contributed by atoms with Gasteiger partial charge in [-0.3, -0.25) is 9.69 Å². The Bertz CT molecular complexity index is 470. The molecule has 1 heterocycles. The van der Waals surface area contributed by atoms with Gasteiger partial charge in [0, 0.05) is 26.1 Å². The first-order valence-corrected chi connectivity index (χ1v) is 7.20. The molecule has 1 fully saturated rings. The summed E-state index contributed by atoms with van der Waals surface area (Å²) in [4.78, 5) is 14.4. The standard InChI is InChI=1S/C16H22FNO2/c1-3-16(19)14(11-18-6-8-20-9-7-18)13-5-4-12(2)15(17)10-13/h4-5,10,14H,3,6-9,11H2,1-2H3/t14-/m1/s1. The number of morpholine rings is 1. The third-order valence-corrected chi connectivity index (χ3v) is 3.88. The first-order chi connectivity index (χ1) is 9.61. The van der Waals surface area contributed by atoms with Crippen molar-refractivity contribution in [3.8, 4) is 0 Å². The Kier molecular flexibility index (Phi) is 5.26. The van der Waals surface area contributed by atoms with E-state index < -0.39 is 0 Å². The van der Waals surface area contributed by atoms with Gasteiger partial charge in [-0.25, -0.2) is 4.39 Å². The molecule has 0 N–H and O–H groups in total. The van der Waals surface area contributed by atoms with Crippen LogP contribution in [0.5, 0.6) is 0 Å². The first-order valence-electron chi connectivity index (χ1n) is 7.20. The van der Waals surface area contributed by atoms with E-state index in [9.17, 15) is 9.18 Å². The fraction of sp³-hybridized carbons (Fsp3) is 0.562. The van der Waals surface area contributed by atoms with Crippen LogP contribution in [0.25, 0.3) is 0 Å². The van der Waals surface area contributed by atoms with Crippen molar-refractivity contribution >= 4 is 5.78 Å². The van der Waals surface area contributed by atoms with Gasteiger partial charge in [-0.1, -0.05) is 19.1 Å². The monoisotopic (exact) mass is 279 g/mol. The van der Waals surface area contributed by atoms with Crippen LogP contribution in [0.2, 0.25) is 0 Å². The SMILES string of the molecule is CCC(=O)[C@H](CN1CCOCC1)c1ccc(C)c(F)c1. The number of halogens is 1. The molecule has 110 valence electrons. The maximum absolute atomic E-state index is 13.7. The summed E-state index contributed by atoms with van der Waals surface area (Å²) >= 11 is 0. The zero-order valence-corrected chi connectivity index (χ0v) is 12.2. The summed E-state index contributed by atoms with van der Waals surface area (Å²) in [6.07, 6.45) is 0.477. The number of hydrogen-bond acceptors (Lipinski definition) is 3. The topological polar surface area (TPSA) is 29.5 Å². The Balaban J connectivity index is 2.17. The highest BCUT2D eigenvalue weighted by molar-refractivity contribution is 5.85. The second-order valence-electron chi connectivity index (χ2n) is 5.29. The largest absolute Gasteiger partial charge is 0.379 e. The van der Waals surface area contributed by atoms with Gasteiger partial charge in [0.05, 0.1) is 19.1 Å². The number of ketones is 1. The van der Waals surface area contributed by atoms with Crippen LogP contribution in [-0.2, 0) is 9.53 Å². The number of carbonyl (C=O) groups excluding carboxylic acids is 1. The Morgan fingerprint density at radius 3 is 2.70 bits per heavy atom. The number of aryl methyl sites for hydroxylation is 1. The highest BCUT2D eigenvalue weighted by Gasteiger charge is 2.24. The molecule has 1 aromatic carbocycles. The van der Waals surface area contributed by atoms with Crippen LogP contribution >= 0.6 is 0 Å². The van der Waals surface area contributed by atoms with Crippen molar-refractivity contribution in [2.45, 2.75) is 26.2 Å². The number of nitrogens with zero attached hydrogens (tertiary/aromatic N) is 1. The number of carbonyl (C=O) groups is 1. The van der Waals surface area contributed by atoms with E-state index in [1.165, 1.54) is 6.07 Å². The summed E-state index contributed by atoms with van der Waals surface area (Å²) in [5.41, 5.74) is 1.40. The van der Waals surface area contributed by atoms with Gasteiger partial charge in [0.15, 0.2) is 0 Å². The van der Waals surface area contributed by atoms with Crippen LogP contribution in [0.4, 0.5) is 4.39 Å². The Morgan fingerprint density at radius 2 is 2.10 bits per heavy atom. The molecule has 0 bridgehead atoms. The fourth-order valence-electron chi connectivity index (χ4n) is 2.51. The molecule has 1 atom stereocenters. The lowest BCUT2D eigenvalue weighted by atomic mass is 9.91. The van der Waals surface area contributed by atoms with Crippen LogP contribution in [0.3, 0.4) is 0 Å². The summed E-state index contributed by atoms with van der Waals surface area (Å²) in [5.74, 6) is -0.314. The van der Waals surface area contributed by atoms with E-state index in [1.807, 2.05) is 13.0 Å². The van der Waals surface area contributed by atoms with E-state index in [4.69, 9.17) is 4.74 Å². The molecule has 0 radical (unpaired) electrons. The average Bonchev–Trinajstić information content (AvgIpc) is 2.48. The highest BCUT2D eigenvalue weighted by atomic mass is 19.1. The lowest BCUT2D eigenvalue weighted by Crippen LogP contribution is -2.40. The second kappa shape index (κ2) is 6.95. The van der Waals surface area contributed by atoms with Crippen LogP contribution < -0.4 is 0 Å². The van der Waals surface area contributed by atoms with E-state index in [0.29, 0.717) is 31.7 Å². The van der Waals surface area contributed by atoms with E-state index >= 15 is 0 Å². The summed E-state index contributed by atoms with van der Waals surface area (Å²) in [5, 5.41) is 0. The minimum absolute atomic E-state index is 0.166. The minimum atomic E-state index is -0.242. The number of rotatable bonds is 5. The highest BCUT2D eigenvalue weighted by Crippen LogP contribution is 2.22. The Labute approximate surface area is 119 Å². The average molecular weight is 279 g/mol. The lowest BCUT2D eigenvalue weighted by molar-refractivity contribution is -0.121. The number of Topliss-reactive ketones (excluding diaryl/α,β-unsaturated/α-hetero) is 1. The summed E-state index contributed by atoms with van der Waals surface area (Å²) in [7, 11) is 0. The van der Waals surface area contributed by atoms with Crippen LogP contribution in [0, 0.1) is 12.7 Å². The van der Waals surface area contributed by atoms with Crippen molar-refractivity contribution in [1.29, 1.82) is 0 Å². The van der Waals surface area contributed by atoms with Gasteiger partial charge in [-0.15, -0.1) is 0 Å². The Hall–Kier alpha value is -1.26. The zero-order valence-electron chi connectivity index (χ0n) is 12.2. The van der Waals surface area contributed by atoms with Gasteiger partial charge in [0.1, 0.15) is 11.6 Å². The zero-order chi connectivity index (χ0) is 14.5. The third-order valence-electron chi connectivity index (χ3n) is 3.88. The van der Waals surface area contributed by atoms with Crippen molar-refractivity contribution in [3.63, 3.8) is 0 Å². The van der Waals surface area contributed by atoms with E-state index in [1.54, 1.807) is 13.0 Å². The van der Waals surface area contributed by atoms with Crippen LogP contribution in [0.1, 0.15) is 30.4 Å². The van der Waals surface area contributed by atoms with Gasteiger partial charge >= 0.3 is 0 Å². The maximum Gasteiger partial charge on any atom is 0.141 e. The first kappa shape index (κ1) is 15.1. The van der Waals surface area contributed by atoms with Crippen LogP contribution in [0.15, 0.2) is 18.2 Å². The summed E-state index contributed by atoms with van der Waals surface area (Å²) in [6, 6.07) is 5.13. The molecule has 1 aliphatic heterocycles. The van der Waals surface area contributed by atoms with Crippen molar-refractivity contribution in [1.82, 2.24) is 4.90 Å². The van der Waals surface area contributed by atoms with E-state index in [2.05, 4.69) is 4.90 Å². The van der Waals surface area contributed by atoms with E-state index in [-0.39, 0.29) is 17.5 Å². The molecule has 20 heavy (non-hydrogen) atoms. The summed E-state index contributed by atoms with van der Waals surface area (Å²) in [6.45, 7) is 7.32. The molecule has 1 aliphatic rings. The minimum Gasteiger partial charge on any atom is -0.379 e. The maximum atomic E-state index is 13.7. The molecule has 3 nitrogen and oxygen atoms in total. The molecule has 0 amide bonds. The second-order valence-corrected chi connectivity index (χ2v) is 5.29. The van der Waals surface area contributed by atoms with Crippen molar-refractivity contribution in [3.05, 3.63) is 35.1 Å². The van der Waals surface area contributed by atoms with Gasteiger partial charge in [0.2, 0.25) is 0 Å². The molecule has 1 saturated heterocycles. The van der Waals surface area contributed by atoms with Crippen molar-refractivity contribution in [2.24, 2.45) is 0 Å². The molecule has 0 aromatic heterocycles. The normalized spacial score (nSPS) is 17.9. The molecule has 0 aliphatic carbocycles. The Morgan fingerprint density at radius 1 is 1.40 bits per heavy atom. The third kappa shape index (κ3) is 3.64. The van der Waals surface area contributed by atoms with Gasteiger partial charge in [-0.2, -0.15) is 0 Å². The smallest absolute Gasteiger partial charge is 0.141 e. The molecule has 0 unspecified atom stereocenters. The van der Waals surface area contributed by atoms with Gasteiger partial charge in [-0.05, 0) is 24.1 Å². The van der Waals surface area contributed by atoms with Gasteiger partial charge < -0.3 is 4.74 Å². The molecule has 2 rings (SSSR count).